The fourth-order valence-electron chi connectivity index (χ4n) is 3.57. The summed E-state index contributed by atoms with van der Waals surface area (Å²) >= 11 is 0. The Labute approximate surface area is 187 Å². The van der Waals surface area contributed by atoms with Crippen molar-refractivity contribution in [3.8, 4) is 0 Å². The molecule has 1 amide bonds. The molecule has 0 aliphatic carbocycles. The van der Waals surface area contributed by atoms with E-state index in [4.69, 9.17) is 9.36 Å². The first kappa shape index (κ1) is 20.4. The molecule has 0 fully saturated rings. The second kappa shape index (κ2) is 8.54. The Bertz CT molecular complexity index is 1370. The Balaban J connectivity index is 1.46. The van der Waals surface area contributed by atoms with Gasteiger partial charge in [0.2, 0.25) is 0 Å². The minimum Gasteiger partial charge on any atom is -0.391 e. The van der Waals surface area contributed by atoms with Crippen LogP contribution < -0.4 is 9.74 Å². The lowest BCUT2D eigenvalue weighted by Gasteiger charge is -2.21. The third-order valence-electron chi connectivity index (χ3n) is 5.21. The molecule has 3 heterocycles. The molecule has 166 valence electrons. The molecule has 0 radical (unpaired) electrons. The lowest BCUT2D eigenvalue weighted by atomic mass is 10.1. The third-order valence-corrected chi connectivity index (χ3v) is 5.21. The third kappa shape index (κ3) is 4.03. The smallest absolute Gasteiger partial charge is 0.264 e. The first-order valence-electron chi connectivity index (χ1n) is 10.2. The van der Waals surface area contributed by atoms with Crippen molar-refractivity contribution in [3.63, 3.8) is 0 Å². The van der Waals surface area contributed by atoms with Gasteiger partial charge in [-0.05, 0) is 37.6 Å². The van der Waals surface area contributed by atoms with Crippen LogP contribution in [-0.4, -0.2) is 41.6 Å². The van der Waals surface area contributed by atoms with Gasteiger partial charge in [0.1, 0.15) is 23.4 Å². The van der Waals surface area contributed by atoms with E-state index in [1.807, 2.05) is 48.5 Å². The largest absolute Gasteiger partial charge is 0.391 e. The van der Waals surface area contributed by atoms with Gasteiger partial charge in [0.05, 0.1) is 18.4 Å². The van der Waals surface area contributed by atoms with Crippen LogP contribution in [0.15, 0.2) is 59.3 Å². The lowest BCUT2D eigenvalue weighted by molar-refractivity contribution is 0.0795. The summed E-state index contributed by atoms with van der Waals surface area (Å²) in [6.07, 6.45) is 1.69. The van der Waals surface area contributed by atoms with E-state index in [2.05, 4.69) is 30.9 Å². The number of aromatic nitrogens is 7. The van der Waals surface area contributed by atoms with Gasteiger partial charge in [0, 0.05) is 11.1 Å². The summed E-state index contributed by atoms with van der Waals surface area (Å²) in [6, 6.07) is 15.4. The molecule has 33 heavy (non-hydrogen) atoms. The number of hydrogen-bond acceptors (Lipinski definition) is 8. The highest BCUT2D eigenvalue weighted by molar-refractivity contribution is 6.08. The van der Waals surface area contributed by atoms with Crippen LogP contribution in [0.25, 0.3) is 10.9 Å². The number of aryl methyl sites for hydroxylation is 2. The molecule has 0 unspecified atom stereocenters. The number of carbonyl (C=O) groups is 1. The van der Waals surface area contributed by atoms with Gasteiger partial charge in [0.15, 0.2) is 5.82 Å². The molecule has 11 nitrogen and oxygen atoms in total. The van der Waals surface area contributed by atoms with E-state index in [1.54, 1.807) is 24.9 Å². The van der Waals surface area contributed by atoms with E-state index in [-0.39, 0.29) is 12.5 Å². The Kier molecular flexibility index (Phi) is 5.27. The number of H-pyrrole nitrogens is 1. The van der Waals surface area contributed by atoms with Crippen molar-refractivity contribution in [1.82, 2.24) is 35.7 Å². The highest BCUT2D eigenvalue weighted by Crippen LogP contribution is 2.26. The molecule has 0 spiro atoms. The SMILES string of the molecule is Cc1noc(C)c1C(=O)N(Cc1nn[nH]n1)c1ccc2c(cnn2OCc2ccccc2)c1. The first-order chi connectivity index (χ1) is 16.1. The van der Waals surface area contributed by atoms with Crippen LogP contribution in [0.5, 0.6) is 0 Å². The lowest BCUT2D eigenvalue weighted by Crippen LogP contribution is -2.31. The molecular formula is C22H20N8O3. The van der Waals surface area contributed by atoms with Crippen LogP contribution in [0.2, 0.25) is 0 Å². The van der Waals surface area contributed by atoms with Gasteiger partial charge < -0.3 is 14.3 Å². The number of benzene rings is 2. The van der Waals surface area contributed by atoms with Crippen LogP contribution in [-0.2, 0) is 13.2 Å². The molecule has 3 aromatic heterocycles. The molecule has 0 atom stereocenters. The van der Waals surface area contributed by atoms with Crippen molar-refractivity contribution in [1.29, 1.82) is 0 Å². The standard InChI is InChI=1S/C22H20N8O3/c1-14-21(15(2)33-26-14)22(31)29(12-20-24-27-28-25-20)18-8-9-19-17(10-18)11-23-30(19)32-13-16-6-4-3-5-7-16/h3-11H,12-13H2,1-2H3,(H,24,25,27,28). The molecule has 0 aliphatic heterocycles. The average molecular weight is 444 g/mol. The second-order valence-corrected chi connectivity index (χ2v) is 7.44. The predicted molar refractivity (Wildman–Crippen MR) is 117 cm³/mol. The zero-order chi connectivity index (χ0) is 22.8. The molecule has 0 saturated carbocycles. The van der Waals surface area contributed by atoms with Gasteiger partial charge in [-0.3, -0.25) is 4.79 Å². The monoisotopic (exact) mass is 444 g/mol. The highest BCUT2D eigenvalue weighted by Gasteiger charge is 2.26. The van der Waals surface area contributed by atoms with Gasteiger partial charge in [-0.2, -0.15) is 5.21 Å². The number of amides is 1. The second-order valence-electron chi connectivity index (χ2n) is 7.44. The fourth-order valence-corrected chi connectivity index (χ4v) is 3.57. The summed E-state index contributed by atoms with van der Waals surface area (Å²) in [4.78, 5) is 22.3. The Hall–Kier alpha value is -4.54. The fraction of sp³-hybridized carbons (Fsp3) is 0.182. The maximum absolute atomic E-state index is 13.5. The molecule has 11 heteroatoms. The number of nitrogens with zero attached hydrogens (tertiary/aromatic N) is 7. The molecule has 5 aromatic rings. The Morgan fingerprint density at radius 3 is 2.76 bits per heavy atom. The van der Waals surface area contributed by atoms with E-state index >= 15 is 0 Å². The van der Waals surface area contributed by atoms with Crippen LogP contribution >= 0.6 is 0 Å². The van der Waals surface area contributed by atoms with E-state index in [1.165, 1.54) is 4.85 Å². The van der Waals surface area contributed by atoms with Gasteiger partial charge >= 0.3 is 0 Å². The minimum atomic E-state index is -0.275. The number of carbonyl (C=O) groups excluding carboxylic acids is 1. The molecule has 0 bridgehead atoms. The molecular weight excluding hydrogens is 424 g/mol. The predicted octanol–water partition coefficient (Wildman–Crippen LogP) is 2.63. The van der Waals surface area contributed by atoms with Crippen LogP contribution in [0.3, 0.4) is 0 Å². The number of fused-ring (bicyclic) bond motifs is 1. The van der Waals surface area contributed by atoms with Gasteiger partial charge in [-0.25, -0.2) is 0 Å². The number of hydrogen-bond donors (Lipinski definition) is 1. The highest BCUT2D eigenvalue weighted by atomic mass is 16.7. The van der Waals surface area contributed by atoms with E-state index in [0.717, 1.165) is 16.5 Å². The van der Waals surface area contributed by atoms with E-state index in [0.29, 0.717) is 35.1 Å². The van der Waals surface area contributed by atoms with Crippen molar-refractivity contribution in [2.24, 2.45) is 0 Å². The average Bonchev–Trinajstić information content (AvgIpc) is 3.57. The summed E-state index contributed by atoms with van der Waals surface area (Å²) in [7, 11) is 0. The summed E-state index contributed by atoms with van der Waals surface area (Å²) in [5, 5.41) is 23.0. The molecule has 0 saturated heterocycles. The topological polar surface area (TPSA) is 128 Å². The first-order valence-corrected chi connectivity index (χ1v) is 10.2. The Morgan fingerprint density at radius 2 is 2.03 bits per heavy atom. The van der Waals surface area contributed by atoms with Crippen LogP contribution in [0.4, 0.5) is 5.69 Å². The van der Waals surface area contributed by atoms with E-state index < -0.39 is 0 Å². The maximum atomic E-state index is 13.5. The summed E-state index contributed by atoms with van der Waals surface area (Å²) in [6.45, 7) is 3.93. The molecule has 5 rings (SSSR count). The number of nitrogens with one attached hydrogen (secondary N) is 1. The van der Waals surface area contributed by atoms with Crippen molar-refractivity contribution >= 4 is 22.5 Å². The zero-order valence-corrected chi connectivity index (χ0v) is 18.0. The van der Waals surface area contributed by atoms with Gasteiger partial charge in [0.25, 0.3) is 5.91 Å². The minimum absolute atomic E-state index is 0.115. The number of anilines is 1. The maximum Gasteiger partial charge on any atom is 0.264 e. The van der Waals surface area contributed by atoms with Gasteiger partial charge in [-0.1, -0.05) is 45.5 Å². The van der Waals surface area contributed by atoms with Crippen LogP contribution in [0.1, 0.15) is 33.2 Å². The molecule has 2 aromatic carbocycles. The molecule has 0 aliphatic rings. The van der Waals surface area contributed by atoms with Crippen molar-refractivity contribution in [2.45, 2.75) is 27.0 Å². The van der Waals surface area contributed by atoms with Crippen LogP contribution in [0, 0.1) is 13.8 Å². The van der Waals surface area contributed by atoms with Crippen molar-refractivity contribution in [3.05, 3.63) is 83.1 Å². The molecule has 1 N–H and O–H groups in total. The van der Waals surface area contributed by atoms with Crippen molar-refractivity contribution < 1.29 is 14.2 Å². The summed E-state index contributed by atoms with van der Waals surface area (Å²) in [5.74, 6) is 0.541. The summed E-state index contributed by atoms with van der Waals surface area (Å²) < 4.78 is 5.20. The Morgan fingerprint density at radius 1 is 1.18 bits per heavy atom. The quantitative estimate of drug-likeness (QED) is 0.406. The summed E-state index contributed by atoms with van der Waals surface area (Å²) in [5.41, 5.74) is 3.37. The zero-order valence-electron chi connectivity index (χ0n) is 18.0. The van der Waals surface area contributed by atoms with E-state index in [9.17, 15) is 4.79 Å². The van der Waals surface area contributed by atoms with Crippen molar-refractivity contribution in [2.75, 3.05) is 4.90 Å². The normalized spacial score (nSPS) is 11.1. The number of aromatic amines is 1. The number of rotatable bonds is 7. The number of tetrazole rings is 1. The van der Waals surface area contributed by atoms with Gasteiger partial charge in [-0.15, -0.1) is 15.3 Å².